The third kappa shape index (κ3) is 6.66. The van der Waals surface area contributed by atoms with Crippen molar-refractivity contribution in [2.75, 3.05) is 6.61 Å². The Labute approximate surface area is 259 Å². The first-order chi connectivity index (χ1) is 21.2. The van der Waals surface area contributed by atoms with Crippen molar-refractivity contribution >= 4 is 6.09 Å². The van der Waals surface area contributed by atoms with Crippen molar-refractivity contribution in [3.8, 4) is 5.75 Å². The summed E-state index contributed by atoms with van der Waals surface area (Å²) >= 11 is 0. The van der Waals surface area contributed by atoms with Gasteiger partial charge in [0.2, 0.25) is 0 Å². The highest BCUT2D eigenvalue weighted by Gasteiger charge is 2.53. The van der Waals surface area contributed by atoms with Crippen molar-refractivity contribution in [1.29, 1.82) is 0 Å². The first kappa shape index (κ1) is 31.3. The first-order valence-corrected chi connectivity index (χ1v) is 15.5. The Kier molecular flexibility index (Phi) is 8.07. The quantitative estimate of drug-likeness (QED) is 0.339. The number of nitrogens with one attached hydrogen (secondary N) is 1. The lowest BCUT2D eigenvalue weighted by Crippen LogP contribution is -2.62. The lowest BCUT2D eigenvalue weighted by atomic mass is 9.70. The Morgan fingerprint density at radius 2 is 1.80 bits per heavy atom. The van der Waals surface area contributed by atoms with Gasteiger partial charge in [-0.1, -0.05) is 11.3 Å². The van der Waals surface area contributed by atoms with Crippen LogP contribution in [0.3, 0.4) is 0 Å². The molecule has 11 nitrogen and oxygen atoms in total. The van der Waals surface area contributed by atoms with Gasteiger partial charge in [-0.05, 0) is 90.3 Å². The summed E-state index contributed by atoms with van der Waals surface area (Å²) in [6.07, 6.45) is 3.82. The molecule has 3 aromatic rings. The molecule has 0 atom stereocenters. The molecule has 2 aromatic heterocycles. The molecule has 2 bridgehead atoms. The van der Waals surface area contributed by atoms with E-state index in [0.717, 1.165) is 75.0 Å². The minimum absolute atomic E-state index is 0.0178. The molecule has 14 heteroatoms. The number of carbonyl (C=O) groups excluding carboxylic acids is 1. The van der Waals surface area contributed by atoms with E-state index in [-0.39, 0.29) is 24.3 Å². The zero-order valence-corrected chi connectivity index (χ0v) is 26.1. The summed E-state index contributed by atoms with van der Waals surface area (Å²) in [6, 6.07) is 5.02. The summed E-state index contributed by atoms with van der Waals surface area (Å²) in [4.78, 5) is 12.4. The van der Waals surface area contributed by atoms with Gasteiger partial charge in [0.25, 0.3) is 0 Å². The van der Waals surface area contributed by atoms with Crippen molar-refractivity contribution in [2.45, 2.75) is 114 Å². The number of carbonyl (C=O) groups is 1. The zero-order valence-electron chi connectivity index (χ0n) is 26.1. The molecule has 4 heterocycles. The SMILES string of the molecule is Cn1c(COc2cccc(C(F)(F)F)c2)nnc1[C@H]1CC[C@H](n2cc(C34CCC(NC(=O)OC(C)(C)C)(CC3)CO4)nn2)CC1. The molecule has 1 amide bonds. The van der Waals surface area contributed by atoms with E-state index >= 15 is 0 Å². The first-order valence-electron chi connectivity index (χ1n) is 15.5. The Balaban J connectivity index is 1.02. The summed E-state index contributed by atoms with van der Waals surface area (Å²) in [7, 11) is 1.86. The van der Waals surface area contributed by atoms with Crippen molar-refractivity contribution in [2.24, 2.45) is 7.05 Å². The van der Waals surface area contributed by atoms with Crippen LogP contribution in [0.4, 0.5) is 18.0 Å². The number of hydrogen-bond acceptors (Lipinski definition) is 8. The molecule has 4 aliphatic rings. The highest BCUT2D eigenvalue weighted by Crippen LogP contribution is 2.49. The molecular weight excluding hydrogens is 591 g/mol. The van der Waals surface area contributed by atoms with Crippen LogP contribution in [0.15, 0.2) is 30.5 Å². The van der Waals surface area contributed by atoms with Crippen LogP contribution in [0.25, 0.3) is 0 Å². The highest BCUT2D eigenvalue weighted by molar-refractivity contribution is 5.69. The molecule has 1 aromatic carbocycles. The normalized spacial score (nSPS) is 26.9. The molecule has 7 rings (SSSR count). The van der Waals surface area contributed by atoms with Gasteiger partial charge in [0, 0.05) is 13.0 Å². The molecule has 2 saturated heterocycles. The molecule has 0 spiro atoms. The van der Waals surface area contributed by atoms with Gasteiger partial charge in [0.15, 0.2) is 5.82 Å². The molecule has 45 heavy (non-hydrogen) atoms. The van der Waals surface area contributed by atoms with Gasteiger partial charge in [-0.15, -0.1) is 15.3 Å². The van der Waals surface area contributed by atoms with Crippen LogP contribution in [-0.4, -0.2) is 53.6 Å². The number of amides is 1. The summed E-state index contributed by atoms with van der Waals surface area (Å²) in [5.74, 6) is 1.73. The van der Waals surface area contributed by atoms with E-state index < -0.39 is 34.6 Å². The van der Waals surface area contributed by atoms with Gasteiger partial charge in [0.05, 0.1) is 29.9 Å². The van der Waals surface area contributed by atoms with Gasteiger partial charge in [0.1, 0.15) is 35.1 Å². The van der Waals surface area contributed by atoms with E-state index in [2.05, 4.69) is 25.8 Å². The van der Waals surface area contributed by atoms with Crippen LogP contribution in [0, 0.1) is 0 Å². The summed E-state index contributed by atoms with van der Waals surface area (Å²) < 4.78 is 60.4. The third-order valence-electron chi connectivity index (χ3n) is 9.35. The number of aromatic nitrogens is 6. The Morgan fingerprint density at radius 3 is 2.44 bits per heavy atom. The summed E-state index contributed by atoms with van der Waals surface area (Å²) in [6.45, 7) is 5.98. The molecular formula is C31H40F3N7O4. The van der Waals surface area contributed by atoms with Gasteiger partial charge in [-0.25, -0.2) is 9.48 Å². The molecule has 2 aliphatic carbocycles. The maximum Gasteiger partial charge on any atom is 0.416 e. The number of benzene rings is 1. The fourth-order valence-corrected chi connectivity index (χ4v) is 6.74. The van der Waals surface area contributed by atoms with Crippen molar-refractivity contribution in [3.63, 3.8) is 0 Å². The van der Waals surface area contributed by atoms with Gasteiger partial charge < -0.3 is 24.1 Å². The van der Waals surface area contributed by atoms with Crippen molar-refractivity contribution < 1.29 is 32.2 Å². The smallest absolute Gasteiger partial charge is 0.416 e. The van der Waals surface area contributed by atoms with Crippen LogP contribution < -0.4 is 10.1 Å². The topological polar surface area (TPSA) is 118 Å². The number of fused-ring (bicyclic) bond motifs is 3. The lowest BCUT2D eigenvalue weighted by molar-refractivity contribution is -0.168. The van der Waals surface area contributed by atoms with Crippen LogP contribution in [-0.2, 0) is 34.9 Å². The molecule has 244 valence electrons. The number of alkyl carbamates (subject to hydrolysis) is 1. The third-order valence-corrected chi connectivity index (χ3v) is 9.35. The van der Waals surface area contributed by atoms with Crippen LogP contribution in [0.5, 0.6) is 5.75 Å². The maximum absolute atomic E-state index is 13.0. The van der Waals surface area contributed by atoms with E-state index in [4.69, 9.17) is 14.2 Å². The van der Waals surface area contributed by atoms with Crippen LogP contribution >= 0.6 is 0 Å². The number of rotatable bonds is 7. The number of hydrogen-bond donors (Lipinski definition) is 1. The van der Waals surface area contributed by atoms with E-state index in [1.165, 1.54) is 12.1 Å². The molecule has 0 unspecified atom stereocenters. The van der Waals surface area contributed by atoms with Crippen molar-refractivity contribution in [1.82, 2.24) is 35.1 Å². The highest BCUT2D eigenvalue weighted by atomic mass is 19.4. The van der Waals surface area contributed by atoms with E-state index in [0.29, 0.717) is 12.4 Å². The maximum atomic E-state index is 13.0. The average Bonchev–Trinajstić information content (AvgIpc) is 3.63. The number of nitrogens with zero attached hydrogens (tertiary/aromatic N) is 6. The van der Waals surface area contributed by atoms with E-state index in [1.807, 2.05) is 43.3 Å². The molecule has 0 radical (unpaired) electrons. The fraction of sp³-hybridized carbons (Fsp3) is 0.645. The van der Waals surface area contributed by atoms with Gasteiger partial charge in [-0.2, -0.15) is 13.2 Å². The Morgan fingerprint density at radius 1 is 1.07 bits per heavy atom. The Bertz CT molecular complexity index is 1500. The zero-order chi connectivity index (χ0) is 32.0. The lowest BCUT2D eigenvalue weighted by Gasteiger charge is -2.52. The largest absolute Gasteiger partial charge is 0.486 e. The minimum atomic E-state index is -4.43. The van der Waals surface area contributed by atoms with Crippen molar-refractivity contribution in [3.05, 3.63) is 53.4 Å². The predicted molar refractivity (Wildman–Crippen MR) is 155 cm³/mol. The number of ether oxygens (including phenoxy) is 3. The average molecular weight is 632 g/mol. The van der Waals surface area contributed by atoms with Crippen LogP contribution in [0.2, 0.25) is 0 Å². The molecule has 2 aliphatic heterocycles. The van der Waals surface area contributed by atoms with Gasteiger partial charge >= 0.3 is 12.3 Å². The Hall–Kier alpha value is -3.68. The summed E-state index contributed by atoms with van der Waals surface area (Å²) in [5.41, 5.74) is -1.37. The number of halogens is 3. The van der Waals surface area contributed by atoms with Crippen LogP contribution in [0.1, 0.15) is 107 Å². The second-order valence-electron chi connectivity index (χ2n) is 13.6. The monoisotopic (exact) mass is 631 g/mol. The standard InChI is InChI=1S/C31H40F3N7O4/c1-28(2,3)45-27(42)35-29-12-14-30(15-13-29,44-19-29)24-17-41(39-36-24)22-10-8-20(9-11-22)26-38-37-25(40(26)4)18-43-23-7-5-6-21(16-23)31(32,33)34/h5-7,16-17,20,22H,8-15,18-19H2,1-4H3,(H,35,42)/t20-,22-,29?,30?. The number of alkyl halides is 3. The second kappa shape index (κ2) is 11.6. The molecule has 1 N–H and O–H groups in total. The fourth-order valence-electron chi connectivity index (χ4n) is 6.74. The summed E-state index contributed by atoms with van der Waals surface area (Å²) in [5, 5.41) is 20.8. The molecule has 4 fully saturated rings. The second-order valence-corrected chi connectivity index (χ2v) is 13.6. The molecule has 2 saturated carbocycles. The minimum Gasteiger partial charge on any atom is -0.486 e. The van der Waals surface area contributed by atoms with Gasteiger partial charge in [-0.3, -0.25) is 0 Å². The van der Waals surface area contributed by atoms with E-state index in [1.54, 1.807) is 0 Å². The predicted octanol–water partition coefficient (Wildman–Crippen LogP) is 5.97. The van der Waals surface area contributed by atoms with E-state index in [9.17, 15) is 18.0 Å².